The summed E-state index contributed by atoms with van der Waals surface area (Å²) >= 11 is 0. The maximum absolute atomic E-state index is 3.75. The van der Waals surface area contributed by atoms with Crippen molar-refractivity contribution in [2.75, 3.05) is 32.7 Å². The highest BCUT2D eigenvalue weighted by Gasteiger charge is 2.35. The third-order valence-electron chi connectivity index (χ3n) is 4.97. The van der Waals surface area contributed by atoms with Crippen LogP contribution in [-0.2, 0) is 0 Å². The topological polar surface area (TPSA) is 18.5 Å². The standard InChI is InChI=1S/C15H31N3/c1-4-17(5-2)9-10-18(6-3)15-11-13-7-8-14(12-15)16-13/h13-16H,4-12H2,1-3H3. The molecule has 2 unspecified atom stereocenters. The lowest BCUT2D eigenvalue weighted by molar-refractivity contribution is 0.130. The number of hydrogen-bond donors (Lipinski definition) is 1. The quantitative estimate of drug-likeness (QED) is 0.748. The van der Waals surface area contributed by atoms with Gasteiger partial charge < -0.3 is 10.2 Å². The molecule has 2 atom stereocenters. The predicted octanol–water partition coefficient (Wildman–Crippen LogP) is 1.93. The van der Waals surface area contributed by atoms with E-state index in [9.17, 15) is 0 Å². The minimum Gasteiger partial charge on any atom is -0.311 e. The molecule has 2 rings (SSSR count). The average molecular weight is 253 g/mol. The van der Waals surface area contributed by atoms with Crippen LogP contribution in [0.5, 0.6) is 0 Å². The van der Waals surface area contributed by atoms with Crippen molar-refractivity contribution in [3.05, 3.63) is 0 Å². The van der Waals surface area contributed by atoms with Crippen molar-refractivity contribution in [2.45, 2.75) is 64.6 Å². The van der Waals surface area contributed by atoms with Crippen molar-refractivity contribution in [3.63, 3.8) is 0 Å². The second-order valence-electron chi connectivity index (χ2n) is 5.92. The molecule has 0 aromatic heterocycles. The van der Waals surface area contributed by atoms with E-state index in [2.05, 4.69) is 35.9 Å². The largest absolute Gasteiger partial charge is 0.311 e. The Morgan fingerprint density at radius 1 is 0.889 bits per heavy atom. The van der Waals surface area contributed by atoms with Gasteiger partial charge in [-0.3, -0.25) is 4.90 Å². The first-order chi connectivity index (χ1) is 8.76. The summed E-state index contributed by atoms with van der Waals surface area (Å²) in [5.41, 5.74) is 0. The number of rotatable bonds is 7. The van der Waals surface area contributed by atoms with Gasteiger partial charge in [-0.25, -0.2) is 0 Å². The smallest absolute Gasteiger partial charge is 0.0125 e. The molecule has 3 nitrogen and oxygen atoms in total. The first-order valence-corrected chi connectivity index (χ1v) is 7.99. The third-order valence-corrected chi connectivity index (χ3v) is 4.97. The Labute approximate surface area is 113 Å². The summed E-state index contributed by atoms with van der Waals surface area (Å²) in [6.45, 7) is 12.9. The molecule has 1 N–H and O–H groups in total. The van der Waals surface area contributed by atoms with E-state index in [-0.39, 0.29) is 0 Å². The summed E-state index contributed by atoms with van der Waals surface area (Å²) in [4.78, 5) is 5.27. The molecule has 0 saturated carbocycles. The normalized spacial score (nSPS) is 31.5. The zero-order chi connectivity index (χ0) is 13.0. The second kappa shape index (κ2) is 6.88. The van der Waals surface area contributed by atoms with Gasteiger partial charge in [-0.2, -0.15) is 0 Å². The molecule has 3 heteroatoms. The summed E-state index contributed by atoms with van der Waals surface area (Å²) in [5.74, 6) is 0. The van der Waals surface area contributed by atoms with E-state index in [1.165, 1.54) is 58.4 Å². The molecule has 0 aromatic carbocycles. The Morgan fingerprint density at radius 3 is 2.00 bits per heavy atom. The maximum atomic E-state index is 3.75. The van der Waals surface area contributed by atoms with Gasteiger partial charge in [0.1, 0.15) is 0 Å². The molecule has 0 radical (unpaired) electrons. The summed E-state index contributed by atoms with van der Waals surface area (Å²) in [5, 5.41) is 3.75. The lowest BCUT2D eigenvalue weighted by atomic mass is 9.98. The fourth-order valence-corrected chi connectivity index (χ4v) is 3.73. The highest BCUT2D eigenvalue weighted by atomic mass is 15.2. The van der Waals surface area contributed by atoms with Gasteiger partial charge in [0.25, 0.3) is 0 Å². The van der Waals surface area contributed by atoms with E-state index in [1.807, 2.05) is 0 Å². The molecule has 2 aliphatic heterocycles. The first kappa shape index (κ1) is 14.3. The van der Waals surface area contributed by atoms with Crippen LogP contribution in [0.3, 0.4) is 0 Å². The zero-order valence-corrected chi connectivity index (χ0v) is 12.5. The monoisotopic (exact) mass is 253 g/mol. The highest BCUT2D eigenvalue weighted by Crippen LogP contribution is 2.29. The van der Waals surface area contributed by atoms with Crippen molar-refractivity contribution < 1.29 is 0 Å². The third kappa shape index (κ3) is 3.46. The van der Waals surface area contributed by atoms with Crippen LogP contribution in [0.25, 0.3) is 0 Å². The van der Waals surface area contributed by atoms with E-state index < -0.39 is 0 Å². The first-order valence-electron chi connectivity index (χ1n) is 7.99. The summed E-state index contributed by atoms with van der Waals surface area (Å²) in [6.07, 6.45) is 5.58. The molecule has 2 saturated heterocycles. The molecule has 2 fully saturated rings. The maximum Gasteiger partial charge on any atom is 0.0125 e. The van der Waals surface area contributed by atoms with E-state index >= 15 is 0 Å². The molecule has 106 valence electrons. The van der Waals surface area contributed by atoms with Gasteiger partial charge in [0.15, 0.2) is 0 Å². The molecule has 18 heavy (non-hydrogen) atoms. The molecule has 0 aromatic rings. The number of hydrogen-bond acceptors (Lipinski definition) is 3. The van der Waals surface area contributed by atoms with Crippen molar-refractivity contribution in [2.24, 2.45) is 0 Å². The van der Waals surface area contributed by atoms with Crippen molar-refractivity contribution in [3.8, 4) is 0 Å². The van der Waals surface area contributed by atoms with Crippen molar-refractivity contribution >= 4 is 0 Å². The summed E-state index contributed by atoms with van der Waals surface area (Å²) in [6, 6.07) is 2.47. The highest BCUT2D eigenvalue weighted by molar-refractivity contribution is 4.95. The number of piperidine rings is 1. The molecule has 2 aliphatic rings. The van der Waals surface area contributed by atoms with E-state index in [1.54, 1.807) is 0 Å². The number of nitrogens with one attached hydrogen (secondary N) is 1. The minimum atomic E-state index is 0.816. The van der Waals surface area contributed by atoms with Crippen LogP contribution in [0.15, 0.2) is 0 Å². The number of nitrogens with zero attached hydrogens (tertiary/aromatic N) is 2. The van der Waals surface area contributed by atoms with Crippen LogP contribution in [0.4, 0.5) is 0 Å². The Kier molecular flexibility index (Phi) is 5.46. The van der Waals surface area contributed by atoms with Crippen LogP contribution in [0, 0.1) is 0 Å². The van der Waals surface area contributed by atoms with E-state index in [4.69, 9.17) is 0 Å². The Balaban J connectivity index is 1.81. The average Bonchev–Trinajstić information content (AvgIpc) is 2.74. The second-order valence-corrected chi connectivity index (χ2v) is 5.92. The lowest BCUT2D eigenvalue weighted by Gasteiger charge is -2.38. The van der Waals surface area contributed by atoms with Gasteiger partial charge in [-0.15, -0.1) is 0 Å². The fourth-order valence-electron chi connectivity index (χ4n) is 3.73. The zero-order valence-electron chi connectivity index (χ0n) is 12.5. The molecule has 2 bridgehead atoms. The van der Waals surface area contributed by atoms with Gasteiger partial charge in [-0.1, -0.05) is 20.8 Å². The van der Waals surface area contributed by atoms with Gasteiger partial charge in [0, 0.05) is 31.2 Å². The Morgan fingerprint density at radius 2 is 1.50 bits per heavy atom. The van der Waals surface area contributed by atoms with Gasteiger partial charge >= 0.3 is 0 Å². The van der Waals surface area contributed by atoms with E-state index in [0.29, 0.717) is 0 Å². The fraction of sp³-hybridized carbons (Fsp3) is 1.00. The molecule has 0 spiro atoms. The van der Waals surface area contributed by atoms with Gasteiger partial charge in [-0.05, 0) is 45.3 Å². The molecular formula is C15H31N3. The summed E-state index contributed by atoms with van der Waals surface area (Å²) in [7, 11) is 0. The van der Waals surface area contributed by atoms with Crippen LogP contribution in [0.1, 0.15) is 46.5 Å². The summed E-state index contributed by atoms with van der Waals surface area (Å²) < 4.78 is 0. The van der Waals surface area contributed by atoms with Crippen LogP contribution < -0.4 is 5.32 Å². The molecule has 0 amide bonds. The van der Waals surface area contributed by atoms with E-state index in [0.717, 1.165) is 18.1 Å². The minimum absolute atomic E-state index is 0.816. The molecule has 0 aliphatic carbocycles. The lowest BCUT2D eigenvalue weighted by Crippen LogP contribution is -2.49. The van der Waals surface area contributed by atoms with Crippen LogP contribution in [0.2, 0.25) is 0 Å². The SMILES string of the molecule is CCN(CC)CCN(CC)C1CC2CCC(C1)N2. The van der Waals surface area contributed by atoms with Crippen LogP contribution in [-0.4, -0.2) is 60.6 Å². The van der Waals surface area contributed by atoms with Crippen molar-refractivity contribution in [1.82, 2.24) is 15.1 Å². The molecule has 2 heterocycles. The number of likely N-dealkylation sites (N-methyl/N-ethyl adjacent to an activating group) is 2. The Bertz CT molecular complexity index is 228. The van der Waals surface area contributed by atoms with Crippen LogP contribution >= 0.6 is 0 Å². The molecular weight excluding hydrogens is 222 g/mol. The van der Waals surface area contributed by atoms with Gasteiger partial charge in [0.2, 0.25) is 0 Å². The van der Waals surface area contributed by atoms with Crippen molar-refractivity contribution in [1.29, 1.82) is 0 Å². The van der Waals surface area contributed by atoms with Gasteiger partial charge in [0.05, 0.1) is 0 Å². The predicted molar refractivity (Wildman–Crippen MR) is 78.0 cm³/mol. The number of fused-ring (bicyclic) bond motifs is 2. The Hall–Kier alpha value is -0.120.